The Morgan fingerprint density at radius 1 is 1.33 bits per heavy atom. The Morgan fingerprint density at radius 2 is 2.21 bits per heavy atom. The van der Waals surface area contributed by atoms with Gasteiger partial charge in [0.25, 0.3) is 5.91 Å². The van der Waals surface area contributed by atoms with Crippen molar-refractivity contribution in [1.82, 2.24) is 20.3 Å². The number of aromatic nitrogens is 3. The van der Waals surface area contributed by atoms with E-state index in [1.54, 1.807) is 24.0 Å². The molecule has 6 nitrogen and oxygen atoms in total. The van der Waals surface area contributed by atoms with Crippen LogP contribution in [0.25, 0.3) is 11.3 Å². The zero-order valence-corrected chi connectivity index (χ0v) is 13.6. The second kappa shape index (κ2) is 5.63. The summed E-state index contributed by atoms with van der Waals surface area (Å²) in [5.74, 6) is 0.705. The van der Waals surface area contributed by atoms with Gasteiger partial charge in [-0.2, -0.15) is 5.10 Å². The van der Waals surface area contributed by atoms with E-state index >= 15 is 0 Å². The molecule has 122 valence electrons. The average molecular weight is 322 g/mol. The Kier molecular flexibility index (Phi) is 3.45. The van der Waals surface area contributed by atoms with E-state index in [-0.39, 0.29) is 11.9 Å². The highest BCUT2D eigenvalue weighted by Crippen LogP contribution is 2.34. The third-order valence-electron chi connectivity index (χ3n) is 4.50. The molecule has 0 fully saturated rings. The maximum atomic E-state index is 12.4. The smallest absolute Gasteiger partial charge is 0.270 e. The summed E-state index contributed by atoms with van der Waals surface area (Å²) in [5.41, 5.74) is 4.89. The number of carbonyl (C=O) groups excluding carboxylic acids is 1. The van der Waals surface area contributed by atoms with E-state index in [0.29, 0.717) is 5.69 Å². The number of benzene rings is 1. The minimum absolute atomic E-state index is 0.0375. The summed E-state index contributed by atoms with van der Waals surface area (Å²) in [6.07, 6.45) is 3.47. The van der Waals surface area contributed by atoms with Crippen LogP contribution >= 0.6 is 0 Å². The van der Waals surface area contributed by atoms with Gasteiger partial charge in [-0.05, 0) is 43.0 Å². The minimum Gasteiger partial charge on any atom is -0.361 e. The summed E-state index contributed by atoms with van der Waals surface area (Å²) in [7, 11) is 1.77. The number of aryl methyl sites for hydroxylation is 3. The molecule has 0 bridgehead atoms. The van der Waals surface area contributed by atoms with Crippen LogP contribution in [0.15, 0.2) is 41.1 Å². The molecule has 1 aromatic carbocycles. The first-order valence-electron chi connectivity index (χ1n) is 7.97. The highest BCUT2D eigenvalue weighted by Gasteiger charge is 2.25. The molecule has 1 aliphatic carbocycles. The first-order valence-corrected chi connectivity index (χ1v) is 7.97. The lowest BCUT2D eigenvalue weighted by Gasteiger charge is -2.14. The van der Waals surface area contributed by atoms with Crippen LogP contribution in [0.4, 0.5) is 0 Å². The normalized spacial score (nSPS) is 16.2. The van der Waals surface area contributed by atoms with Crippen molar-refractivity contribution in [2.75, 3.05) is 0 Å². The lowest BCUT2D eigenvalue weighted by Crippen LogP contribution is -2.28. The van der Waals surface area contributed by atoms with Gasteiger partial charge in [-0.3, -0.25) is 9.48 Å². The van der Waals surface area contributed by atoms with Gasteiger partial charge in [0.05, 0.1) is 6.04 Å². The van der Waals surface area contributed by atoms with Crippen LogP contribution in [0, 0.1) is 6.92 Å². The van der Waals surface area contributed by atoms with Gasteiger partial charge in [0.2, 0.25) is 0 Å². The number of carbonyl (C=O) groups is 1. The van der Waals surface area contributed by atoms with E-state index in [0.717, 1.165) is 29.9 Å². The molecular weight excluding hydrogens is 304 g/mol. The van der Waals surface area contributed by atoms with Crippen molar-refractivity contribution in [3.63, 3.8) is 0 Å². The fourth-order valence-electron chi connectivity index (χ4n) is 3.26. The van der Waals surface area contributed by atoms with Gasteiger partial charge in [-0.15, -0.1) is 0 Å². The van der Waals surface area contributed by atoms with Crippen molar-refractivity contribution in [1.29, 1.82) is 0 Å². The number of nitrogens with one attached hydrogen (secondary N) is 1. The molecule has 2 heterocycles. The van der Waals surface area contributed by atoms with Crippen LogP contribution in [-0.2, 0) is 13.5 Å². The number of nitrogens with zero attached hydrogens (tertiary/aromatic N) is 3. The zero-order chi connectivity index (χ0) is 16.7. The summed E-state index contributed by atoms with van der Waals surface area (Å²) >= 11 is 0. The largest absolute Gasteiger partial charge is 0.361 e. The summed E-state index contributed by atoms with van der Waals surface area (Å²) in [5, 5.41) is 11.2. The second-order valence-electron chi connectivity index (χ2n) is 6.14. The van der Waals surface area contributed by atoms with Crippen LogP contribution in [-0.4, -0.2) is 20.8 Å². The van der Waals surface area contributed by atoms with Crippen molar-refractivity contribution in [3.05, 3.63) is 59.1 Å². The Bertz CT molecular complexity index is 909. The minimum atomic E-state index is -0.0935. The number of fused-ring (bicyclic) bond motifs is 1. The molecule has 0 saturated heterocycles. The van der Waals surface area contributed by atoms with Crippen LogP contribution < -0.4 is 5.32 Å². The predicted octanol–water partition coefficient (Wildman–Crippen LogP) is 2.80. The number of amides is 1. The van der Waals surface area contributed by atoms with Gasteiger partial charge < -0.3 is 9.84 Å². The van der Waals surface area contributed by atoms with Crippen molar-refractivity contribution in [2.24, 2.45) is 7.05 Å². The van der Waals surface area contributed by atoms with Crippen molar-refractivity contribution in [3.8, 4) is 11.3 Å². The fraction of sp³-hybridized carbons (Fsp3) is 0.278. The Hall–Kier alpha value is -2.89. The summed E-state index contributed by atoms with van der Waals surface area (Å²) in [4.78, 5) is 12.4. The number of hydrogen-bond acceptors (Lipinski definition) is 4. The molecule has 1 amide bonds. The molecule has 1 N–H and O–H groups in total. The van der Waals surface area contributed by atoms with E-state index in [9.17, 15) is 4.79 Å². The van der Waals surface area contributed by atoms with Gasteiger partial charge in [0.15, 0.2) is 0 Å². The summed E-state index contributed by atoms with van der Waals surface area (Å²) < 4.78 is 6.73. The molecule has 0 radical (unpaired) electrons. The van der Waals surface area contributed by atoms with Crippen molar-refractivity contribution >= 4 is 5.91 Å². The molecule has 0 spiro atoms. The van der Waals surface area contributed by atoms with Gasteiger partial charge in [-0.1, -0.05) is 17.3 Å². The lowest BCUT2D eigenvalue weighted by molar-refractivity contribution is 0.0927. The third kappa shape index (κ3) is 2.50. The molecule has 0 unspecified atom stereocenters. The van der Waals surface area contributed by atoms with E-state index in [2.05, 4.69) is 27.7 Å². The number of hydrogen-bond donors (Lipinski definition) is 1. The van der Waals surface area contributed by atoms with E-state index in [1.165, 1.54) is 11.1 Å². The molecule has 6 heteroatoms. The van der Waals surface area contributed by atoms with E-state index in [1.807, 2.05) is 19.1 Å². The zero-order valence-electron chi connectivity index (χ0n) is 13.6. The molecular formula is C18H18N4O2. The quantitative estimate of drug-likeness (QED) is 0.805. The van der Waals surface area contributed by atoms with E-state index in [4.69, 9.17) is 4.52 Å². The summed E-state index contributed by atoms with van der Waals surface area (Å²) in [6, 6.07) is 9.94. The molecule has 4 rings (SSSR count). The molecule has 0 saturated carbocycles. The molecule has 3 aromatic rings. The number of rotatable bonds is 3. The third-order valence-corrected chi connectivity index (χ3v) is 4.50. The SMILES string of the molecule is Cc1cc(-c2ccc3c(c2)CC[C@H]3NC(=O)c2ccnn2C)no1. The molecule has 0 aliphatic heterocycles. The fourth-order valence-corrected chi connectivity index (χ4v) is 3.26. The van der Waals surface area contributed by atoms with Crippen molar-refractivity contribution < 1.29 is 9.32 Å². The Labute approximate surface area is 139 Å². The predicted molar refractivity (Wildman–Crippen MR) is 88.4 cm³/mol. The van der Waals surface area contributed by atoms with Crippen molar-refractivity contribution in [2.45, 2.75) is 25.8 Å². The topological polar surface area (TPSA) is 73.0 Å². The molecule has 1 aliphatic rings. The lowest BCUT2D eigenvalue weighted by atomic mass is 10.0. The Morgan fingerprint density at radius 3 is 2.92 bits per heavy atom. The molecule has 1 atom stereocenters. The highest BCUT2D eigenvalue weighted by molar-refractivity contribution is 5.92. The van der Waals surface area contributed by atoms with Crippen LogP contribution in [0.2, 0.25) is 0 Å². The maximum Gasteiger partial charge on any atom is 0.270 e. The average Bonchev–Trinajstić information content (AvgIpc) is 3.27. The molecule has 2 aromatic heterocycles. The van der Waals surface area contributed by atoms with Crippen LogP contribution in [0.5, 0.6) is 0 Å². The Balaban J connectivity index is 1.56. The molecule has 24 heavy (non-hydrogen) atoms. The maximum absolute atomic E-state index is 12.4. The van der Waals surface area contributed by atoms with Crippen LogP contribution in [0.1, 0.15) is 39.8 Å². The first kappa shape index (κ1) is 14.7. The first-order chi connectivity index (χ1) is 11.6. The van der Waals surface area contributed by atoms with Gasteiger partial charge in [-0.25, -0.2) is 0 Å². The monoisotopic (exact) mass is 322 g/mol. The highest BCUT2D eigenvalue weighted by atomic mass is 16.5. The summed E-state index contributed by atoms with van der Waals surface area (Å²) in [6.45, 7) is 1.88. The van der Waals surface area contributed by atoms with Crippen LogP contribution in [0.3, 0.4) is 0 Å². The van der Waals surface area contributed by atoms with Gasteiger partial charge in [0.1, 0.15) is 17.1 Å². The van der Waals surface area contributed by atoms with Gasteiger partial charge in [0, 0.05) is 24.9 Å². The van der Waals surface area contributed by atoms with Gasteiger partial charge >= 0.3 is 0 Å². The second-order valence-corrected chi connectivity index (χ2v) is 6.14. The standard InChI is InChI=1S/C18H18N4O2/c1-11-9-16(21-24-11)13-3-5-14-12(10-13)4-6-15(14)20-18(23)17-7-8-19-22(17)2/h3,5,7-10,15H,4,6H2,1-2H3,(H,20,23)/t15-/m1/s1. The van der Waals surface area contributed by atoms with E-state index < -0.39 is 0 Å².